The van der Waals surface area contributed by atoms with Crippen LogP contribution < -0.4 is 5.32 Å². The molecule has 0 aliphatic heterocycles. The fourth-order valence-corrected chi connectivity index (χ4v) is 1.79. The highest BCUT2D eigenvalue weighted by atomic mass is 16.3. The Labute approximate surface area is 101 Å². The van der Waals surface area contributed by atoms with Crippen LogP contribution in [0, 0.1) is 5.92 Å². The first kappa shape index (κ1) is 15.6. The molecule has 0 bridgehead atoms. The minimum atomic E-state index is 0.217. The molecule has 2 N–H and O–H groups in total. The van der Waals surface area contributed by atoms with Crippen molar-refractivity contribution in [1.82, 2.24) is 10.2 Å². The highest BCUT2D eigenvalue weighted by Crippen LogP contribution is 2.03. The molecule has 0 aromatic rings. The molecule has 0 amide bonds. The van der Waals surface area contributed by atoms with Crippen LogP contribution in [0.3, 0.4) is 0 Å². The minimum absolute atomic E-state index is 0.217. The van der Waals surface area contributed by atoms with Crippen molar-refractivity contribution < 1.29 is 5.11 Å². The summed E-state index contributed by atoms with van der Waals surface area (Å²) in [6.45, 7) is 14.2. The molecule has 0 saturated heterocycles. The van der Waals surface area contributed by atoms with Gasteiger partial charge in [-0.1, -0.05) is 26.8 Å². The first-order valence-electron chi connectivity index (χ1n) is 6.32. The zero-order valence-corrected chi connectivity index (χ0v) is 11.1. The molecule has 0 aliphatic carbocycles. The van der Waals surface area contributed by atoms with E-state index in [0.29, 0.717) is 12.0 Å². The Morgan fingerprint density at radius 3 is 2.50 bits per heavy atom. The smallest absolute Gasteiger partial charge is 0.0558 e. The van der Waals surface area contributed by atoms with Gasteiger partial charge in [-0.2, -0.15) is 0 Å². The van der Waals surface area contributed by atoms with Crippen LogP contribution in [0.1, 0.15) is 27.2 Å². The van der Waals surface area contributed by atoms with Gasteiger partial charge >= 0.3 is 0 Å². The van der Waals surface area contributed by atoms with Crippen molar-refractivity contribution in [2.75, 3.05) is 32.8 Å². The van der Waals surface area contributed by atoms with Crippen LogP contribution in [0.15, 0.2) is 12.7 Å². The van der Waals surface area contributed by atoms with E-state index in [4.69, 9.17) is 5.11 Å². The van der Waals surface area contributed by atoms with Gasteiger partial charge in [0.2, 0.25) is 0 Å². The average Bonchev–Trinajstić information content (AvgIpc) is 2.24. The van der Waals surface area contributed by atoms with Crippen molar-refractivity contribution >= 4 is 0 Å². The number of hydrogen-bond donors (Lipinski definition) is 2. The molecule has 0 fully saturated rings. The molecule has 0 aromatic heterocycles. The maximum atomic E-state index is 9.02. The van der Waals surface area contributed by atoms with Gasteiger partial charge < -0.3 is 10.4 Å². The molecule has 1 atom stereocenters. The maximum Gasteiger partial charge on any atom is 0.0558 e. The van der Waals surface area contributed by atoms with E-state index < -0.39 is 0 Å². The molecule has 0 aliphatic rings. The average molecular weight is 228 g/mol. The first-order valence-corrected chi connectivity index (χ1v) is 6.32. The van der Waals surface area contributed by atoms with Crippen LogP contribution in [0.5, 0.6) is 0 Å². The molecule has 0 radical (unpaired) electrons. The fraction of sp³-hybridized carbons (Fsp3) is 0.846. The monoisotopic (exact) mass is 228 g/mol. The summed E-state index contributed by atoms with van der Waals surface area (Å²) in [6.07, 6.45) is 3.00. The molecular formula is C13H28N2O. The molecular weight excluding hydrogens is 200 g/mol. The predicted molar refractivity (Wildman–Crippen MR) is 70.6 cm³/mol. The van der Waals surface area contributed by atoms with E-state index in [-0.39, 0.29) is 6.61 Å². The lowest BCUT2D eigenvalue weighted by molar-refractivity contribution is 0.157. The van der Waals surface area contributed by atoms with Crippen LogP contribution in [-0.4, -0.2) is 48.8 Å². The fourth-order valence-electron chi connectivity index (χ4n) is 1.79. The van der Waals surface area contributed by atoms with Crippen LogP contribution >= 0.6 is 0 Å². The van der Waals surface area contributed by atoms with E-state index in [2.05, 4.69) is 37.6 Å². The molecule has 16 heavy (non-hydrogen) atoms. The van der Waals surface area contributed by atoms with Crippen LogP contribution in [0.4, 0.5) is 0 Å². The second kappa shape index (κ2) is 9.82. The van der Waals surface area contributed by atoms with Gasteiger partial charge in [-0.3, -0.25) is 4.90 Å². The quantitative estimate of drug-likeness (QED) is 0.556. The lowest BCUT2D eigenvalue weighted by atomic mass is 10.1. The van der Waals surface area contributed by atoms with Crippen molar-refractivity contribution in [3.05, 3.63) is 12.7 Å². The number of rotatable bonds is 10. The van der Waals surface area contributed by atoms with E-state index in [0.717, 1.165) is 32.6 Å². The predicted octanol–water partition coefficient (Wildman–Crippen LogP) is 1.49. The van der Waals surface area contributed by atoms with Gasteiger partial charge in [0.15, 0.2) is 0 Å². The highest BCUT2D eigenvalue weighted by molar-refractivity contribution is 4.80. The van der Waals surface area contributed by atoms with Gasteiger partial charge in [-0.15, -0.1) is 6.58 Å². The summed E-state index contributed by atoms with van der Waals surface area (Å²) in [6, 6.07) is 0.490. The number of aliphatic hydroxyl groups excluding tert-OH is 1. The Hall–Kier alpha value is -0.380. The third kappa shape index (κ3) is 6.99. The van der Waals surface area contributed by atoms with Crippen LogP contribution in [0.25, 0.3) is 0 Å². The standard InChI is InChI=1S/C13H28N2O/c1-5-7-15(8-9-16)13(6-2)11-14-10-12(3)4/h5,12-14,16H,1,6-11H2,2-4H3. The summed E-state index contributed by atoms with van der Waals surface area (Å²) in [7, 11) is 0. The Morgan fingerprint density at radius 1 is 1.38 bits per heavy atom. The third-order valence-electron chi connectivity index (χ3n) is 2.67. The number of hydrogen-bond acceptors (Lipinski definition) is 3. The van der Waals surface area contributed by atoms with Crippen molar-refractivity contribution in [2.45, 2.75) is 33.2 Å². The first-order chi connectivity index (χ1) is 7.65. The lowest BCUT2D eigenvalue weighted by Gasteiger charge is -2.30. The van der Waals surface area contributed by atoms with E-state index in [1.807, 2.05) is 6.08 Å². The summed E-state index contributed by atoms with van der Waals surface area (Å²) in [5.41, 5.74) is 0. The van der Waals surface area contributed by atoms with Crippen LogP contribution in [0.2, 0.25) is 0 Å². The van der Waals surface area contributed by atoms with Gasteiger partial charge in [0.1, 0.15) is 0 Å². The Balaban J connectivity index is 4.03. The van der Waals surface area contributed by atoms with Crippen LogP contribution in [-0.2, 0) is 0 Å². The molecule has 96 valence electrons. The van der Waals surface area contributed by atoms with Crippen molar-refractivity contribution in [1.29, 1.82) is 0 Å². The lowest BCUT2D eigenvalue weighted by Crippen LogP contribution is -2.44. The SMILES string of the molecule is C=CCN(CCO)C(CC)CNCC(C)C. The maximum absolute atomic E-state index is 9.02. The molecule has 3 heteroatoms. The largest absolute Gasteiger partial charge is 0.395 e. The zero-order chi connectivity index (χ0) is 12.4. The van der Waals surface area contributed by atoms with Gasteiger partial charge in [0.25, 0.3) is 0 Å². The van der Waals surface area contributed by atoms with Crippen molar-refractivity contribution in [3.8, 4) is 0 Å². The molecule has 0 spiro atoms. The van der Waals surface area contributed by atoms with E-state index in [1.165, 1.54) is 0 Å². The van der Waals surface area contributed by atoms with E-state index in [9.17, 15) is 0 Å². The highest BCUT2D eigenvalue weighted by Gasteiger charge is 2.14. The van der Waals surface area contributed by atoms with Crippen molar-refractivity contribution in [2.24, 2.45) is 5.92 Å². The minimum Gasteiger partial charge on any atom is -0.395 e. The molecule has 0 saturated carbocycles. The van der Waals surface area contributed by atoms with Gasteiger partial charge in [0.05, 0.1) is 6.61 Å². The normalized spacial score (nSPS) is 13.4. The summed E-state index contributed by atoms with van der Waals surface area (Å²) in [4.78, 5) is 2.28. The van der Waals surface area contributed by atoms with Gasteiger partial charge in [-0.25, -0.2) is 0 Å². The summed E-state index contributed by atoms with van der Waals surface area (Å²) >= 11 is 0. The molecule has 0 aromatic carbocycles. The van der Waals surface area contributed by atoms with Crippen molar-refractivity contribution in [3.63, 3.8) is 0 Å². The van der Waals surface area contributed by atoms with E-state index >= 15 is 0 Å². The zero-order valence-electron chi connectivity index (χ0n) is 11.1. The molecule has 0 heterocycles. The summed E-state index contributed by atoms with van der Waals surface area (Å²) in [5, 5.41) is 12.5. The second-order valence-corrected chi connectivity index (χ2v) is 4.62. The molecule has 3 nitrogen and oxygen atoms in total. The Morgan fingerprint density at radius 2 is 2.06 bits per heavy atom. The van der Waals surface area contributed by atoms with Gasteiger partial charge in [0, 0.05) is 25.7 Å². The Kier molecular flexibility index (Phi) is 9.59. The molecule has 0 rings (SSSR count). The van der Waals surface area contributed by atoms with E-state index in [1.54, 1.807) is 0 Å². The number of aliphatic hydroxyl groups is 1. The summed E-state index contributed by atoms with van der Waals surface area (Å²) < 4.78 is 0. The third-order valence-corrected chi connectivity index (χ3v) is 2.67. The number of nitrogens with one attached hydrogen (secondary N) is 1. The number of nitrogens with zero attached hydrogens (tertiary/aromatic N) is 1. The second-order valence-electron chi connectivity index (χ2n) is 4.62. The summed E-state index contributed by atoms with van der Waals surface area (Å²) in [5.74, 6) is 0.684. The Bertz CT molecular complexity index is 171. The molecule has 1 unspecified atom stereocenters. The topological polar surface area (TPSA) is 35.5 Å². The van der Waals surface area contributed by atoms with Gasteiger partial charge in [-0.05, 0) is 18.9 Å².